The number of nitrogens with zero attached hydrogens (tertiary/aromatic N) is 2. The van der Waals surface area contributed by atoms with Gasteiger partial charge < -0.3 is 14.7 Å². The third-order valence-corrected chi connectivity index (χ3v) is 4.95. The Balaban J connectivity index is 1.97. The van der Waals surface area contributed by atoms with E-state index in [1.54, 1.807) is 30.1 Å². The second kappa shape index (κ2) is 10.1. The summed E-state index contributed by atoms with van der Waals surface area (Å²) in [6.07, 6.45) is 5.73. The highest BCUT2D eigenvalue weighted by molar-refractivity contribution is 5.88. The van der Waals surface area contributed by atoms with Crippen molar-refractivity contribution in [1.82, 2.24) is 4.98 Å². The Bertz CT molecular complexity index is 1010. The highest BCUT2D eigenvalue weighted by Crippen LogP contribution is 2.33. The Labute approximate surface area is 176 Å². The standard InChI is InChI=1S/C24H27FN2O3/c1-3-4-5-6-7-17-8-13-21-20(14-17)22(30-19-11-9-18(25)10-12-19)15-23(26-21)27(2)16-24(28)29/h8-15H,3-7,16H2,1-2H3,(H,28,29). The van der Waals surface area contributed by atoms with E-state index in [9.17, 15) is 9.18 Å². The molecule has 0 unspecified atom stereocenters. The molecule has 0 atom stereocenters. The maximum absolute atomic E-state index is 13.3. The molecule has 0 saturated carbocycles. The number of hydrogen-bond donors (Lipinski definition) is 1. The van der Waals surface area contributed by atoms with Gasteiger partial charge in [-0.25, -0.2) is 9.37 Å². The van der Waals surface area contributed by atoms with E-state index in [1.807, 2.05) is 6.07 Å². The van der Waals surface area contributed by atoms with Gasteiger partial charge in [0.2, 0.25) is 0 Å². The maximum atomic E-state index is 13.3. The lowest BCUT2D eigenvalue weighted by Gasteiger charge is -2.18. The van der Waals surface area contributed by atoms with Crippen LogP contribution in [0.5, 0.6) is 11.5 Å². The molecule has 0 aliphatic heterocycles. The first-order valence-corrected chi connectivity index (χ1v) is 10.3. The van der Waals surface area contributed by atoms with Crippen LogP contribution < -0.4 is 9.64 Å². The number of benzene rings is 2. The van der Waals surface area contributed by atoms with Crippen LogP contribution in [0.1, 0.15) is 38.2 Å². The molecular formula is C24H27FN2O3. The molecular weight excluding hydrogens is 383 g/mol. The van der Waals surface area contributed by atoms with Crippen LogP contribution in [-0.4, -0.2) is 29.7 Å². The fourth-order valence-corrected chi connectivity index (χ4v) is 3.33. The summed E-state index contributed by atoms with van der Waals surface area (Å²) < 4.78 is 19.3. The average molecular weight is 410 g/mol. The van der Waals surface area contributed by atoms with Crippen LogP contribution in [0, 0.1) is 5.82 Å². The number of aliphatic carboxylic acids is 1. The number of likely N-dealkylation sites (N-methyl/N-ethyl adjacent to an activating group) is 1. The lowest BCUT2D eigenvalue weighted by atomic mass is 10.0. The minimum Gasteiger partial charge on any atom is -0.480 e. The number of anilines is 1. The average Bonchev–Trinajstić information content (AvgIpc) is 2.72. The van der Waals surface area contributed by atoms with Gasteiger partial charge >= 0.3 is 5.97 Å². The summed E-state index contributed by atoms with van der Waals surface area (Å²) in [6, 6.07) is 13.6. The maximum Gasteiger partial charge on any atom is 0.323 e. The largest absolute Gasteiger partial charge is 0.480 e. The van der Waals surface area contributed by atoms with Crippen molar-refractivity contribution in [3.63, 3.8) is 0 Å². The number of ether oxygens (including phenoxy) is 1. The molecule has 0 aliphatic rings. The lowest BCUT2D eigenvalue weighted by molar-refractivity contribution is -0.135. The quantitative estimate of drug-likeness (QED) is 0.427. The second-order valence-electron chi connectivity index (χ2n) is 7.45. The Morgan fingerprint density at radius 1 is 1.10 bits per heavy atom. The van der Waals surface area contributed by atoms with Crippen molar-refractivity contribution in [1.29, 1.82) is 0 Å². The first-order chi connectivity index (χ1) is 14.5. The van der Waals surface area contributed by atoms with Crippen molar-refractivity contribution in [2.75, 3.05) is 18.5 Å². The highest BCUT2D eigenvalue weighted by atomic mass is 19.1. The van der Waals surface area contributed by atoms with Gasteiger partial charge in [-0.15, -0.1) is 0 Å². The molecule has 3 aromatic rings. The number of halogens is 1. The van der Waals surface area contributed by atoms with Gasteiger partial charge in [-0.2, -0.15) is 0 Å². The summed E-state index contributed by atoms with van der Waals surface area (Å²) in [4.78, 5) is 17.3. The van der Waals surface area contributed by atoms with E-state index in [1.165, 1.54) is 37.0 Å². The number of carboxylic acid groups (broad SMARTS) is 1. The third-order valence-electron chi connectivity index (χ3n) is 4.95. The van der Waals surface area contributed by atoms with Crippen molar-refractivity contribution in [2.45, 2.75) is 39.0 Å². The van der Waals surface area contributed by atoms with Crippen LogP contribution in [-0.2, 0) is 11.2 Å². The summed E-state index contributed by atoms with van der Waals surface area (Å²) in [5, 5.41) is 9.96. The van der Waals surface area contributed by atoms with Crippen LogP contribution in [0.2, 0.25) is 0 Å². The lowest BCUT2D eigenvalue weighted by Crippen LogP contribution is -2.25. The zero-order valence-corrected chi connectivity index (χ0v) is 17.4. The van der Waals surface area contributed by atoms with Gasteiger partial charge in [0.05, 0.1) is 5.52 Å². The summed E-state index contributed by atoms with van der Waals surface area (Å²) in [5.74, 6) is 0.289. The van der Waals surface area contributed by atoms with Gasteiger partial charge in [0, 0.05) is 18.5 Å². The molecule has 30 heavy (non-hydrogen) atoms. The van der Waals surface area contributed by atoms with Crippen molar-refractivity contribution >= 4 is 22.7 Å². The number of carbonyl (C=O) groups is 1. The van der Waals surface area contributed by atoms with Crippen LogP contribution in [0.25, 0.3) is 10.9 Å². The molecule has 0 saturated heterocycles. The summed E-state index contributed by atoms with van der Waals surface area (Å²) in [7, 11) is 1.67. The van der Waals surface area contributed by atoms with Gasteiger partial charge in [-0.1, -0.05) is 32.3 Å². The van der Waals surface area contributed by atoms with Crippen molar-refractivity contribution in [2.24, 2.45) is 0 Å². The number of aryl methyl sites for hydroxylation is 1. The molecule has 5 nitrogen and oxygen atoms in total. The molecule has 0 amide bonds. The van der Waals surface area contributed by atoms with Crippen molar-refractivity contribution in [3.05, 3.63) is 59.9 Å². The summed E-state index contributed by atoms with van der Waals surface area (Å²) in [6.45, 7) is 2.02. The molecule has 0 spiro atoms. The molecule has 0 radical (unpaired) electrons. The number of hydrogen-bond acceptors (Lipinski definition) is 4. The molecule has 0 aliphatic carbocycles. The van der Waals surface area contributed by atoms with Gasteiger partial charge in [0.1, 0.15) is 29.7 Å². The van der Waals surface area contributed by atoms with Gasteiger partial charge in [0.25, 0.3) is 0 Å². The van der Waals surface area contributed by atoms with E-state index in [2.05, 4.69) is 24.0 Å². The zero-order chi connectivity index (χ0) is 21.5. The van der Waals surface area contributed by atoms with Crippen LogP contribution in [0.4, 0.5) is 10.2 Å². The topological polar surface area (TPSA) is 62.7 Å². The molecule has 0 fully saturated rings. The smallest absolute Gasteiger partial charge is 0.323 e. The molecule has 2 aromatic carbocycles. The third kappa shape index (κ3) is 5.69. The van der Waals surface area contributed by atoms with Gasteiger partial charge in [0.15, 0.2) is 0 Å². The molecule has 1 heterocycles. The van der Waals surface area contributed by atoms with Gasteiger partial charge in [-0.3, -0.25) is 4.79 Å². The van der Waals surface area contributed by atoms with E-state index in [-0.39, 0.29) is 12.4 Å². The summed E-state index contributed by atoms with van der Waals surface area (Å²) >= 11 is 0. The molecule has 1 N–H and O–H groups in total. The molecule has 158 valence electrons. The number of fused-ring (bicyclic) bond motifs is 1. The first-order valence-electron chi connectivity index (χ1n) is 10.3. The molecule has 3 rings (SSSR count). The number of carboxylic acids is 1. The van der Waals surface area contributed by atoms with Gasteiger partial charge in [-0.05, 0) is 54.8 Å². The minimum absolute atomic E-state index is 0.177. The SMILES string of the molecule is CCCCCCc1ccc2nc(N(C)CC(=O)O)cc(Oc3ccc(F)cc3)c2c1. The number of pyridine rings is 1. The highest BCUT2D eigenvalue weighted by Gasteiger charge is 2.14. The zero-order valence-electron chi connectivity index (χ0n) is 17.4. The minimum atomic E-state index is -0.942. The van der Waals surface area contributed by atoms with E-state index in [4.69, 9.17) is 9.84 Å². The van der Waals surface area contributed by atoms with Crippen LogP contribution in [0.3, 0.4) is 0 Å². The van der Waals surface area contributed by atoms with Crippen LogP contribution in [0.15, 0.2) is 48.5 Å². The Morgan fingerprint density at radius 2 is 1.87 bits per heavy atom. The molecule has 0 bridgehead atoms. The number of aromatic nitrogens is 1. The van der Waals surface area contributed by atoms with E-state index in [0.717, 1.165) is 23.7 Å². The summed E-state index contributed by atoms with van der Waals surface area (Å²) in [5.41, 5.74) is 1.93. The Kier molecular flexibility index (Phi) is 7.22. The molecule has 1 aromatic heterocycles. The number of unbranched alkanes of at least 4 members (excludes halogenated alkanes) is 3. The Hall–Kier alpha value is -3.15. The molecule has 6 heteroatoms. The predicted octanol–water partition coefficient (Wildman–Crippen LogP) is 5.81. The fraction of sp³-hybridized carbons (Fsp3) is 0.333. The van der Waals surface area contributed by atoms with E-state index in [0.29, 0.717) is 17.3 Å². The first kappa shape index (κ1) is 21.6. The van der Waals surface area contributed by atoms with E-state index >= 15 is 0 Å². The van der Waals surface area contributed by atoms with Crippen LogP contribution >= 0.6 is 0 Å². The predicted molar refractivity (Wildman–Crippen MR) is 117 cm³/mol. The van der Waals surface area contributed by atoms with E-state index < -0.39 is 5.97 Å². The fourth-order valence-electron chi connectivity index (χ4n) is 3.33. The van der Waals surface area contributed by atoms with Crippen molar-refractivity contribution < 1.29 is 19.0 Å². The Morgan fingerprint density at radius 3 is 2.57 bits per heavy atom. The monoisotopic (exact) mass is 410 g/mol. The normalized spacial score (nSPS) is 10.9. The van der Waals surface area contributed by atoms with Crippen molar-refractivity contribution in [3.8, 4) is 11.5 Å². The number of rotatable bonds is 10. The second-order valence-corrected chi connectivity index (χ2v) is 7.45.